The van der Waals surface area contributed by atoms with E-state index in [9.17, 15) is 4.79 Å². The van der Waals surface area contributed by atoms with E-state index in [1.807, 2.05) is 62.4 Å². The summed E-state index contributed by atoms with van der Waals surface area (Å²) in [5.41, 5.74) is 1.74. The lowest BCUT2D eigenvalue weighted by Gasteiger charge is -2.08. The average molecular weight is 362 g/mol. The quantitative estimate of drug-likeness (QED) is 0.560. The van der Waals surface area contributed by atoms with Gasteiger partial charge in [0.05, 0.1) is 5.56 Å². The van der Waals surface area contributed by atoms with E-state index in [0.717, 1.165) is 22.1 Å². The minimum atomic E-state index is -0.418. The second-order valence-electron chi connectivity index (χ2n) is 6.19. The van der Waals surface area contributed by atoms with Crippen LogP contribution in [0.5, 0.6) is 0 Å². The van der Waals surface area contributed by atoms with Crippen LogP contribution in [-0.4, -0.2) is 16.2 Å². The van der Waals surface area contributed by atoms with E-state index in [0.29, 0.717) is 23.8 Å². The SMILES string of the molecule is Cc1cc(-c2nnc(NC(=O)NCc3cccc4ccccc34)o2)c(C)o1. The fourth-order valence-corrected chi connectivity index (χ4v) is 2.99. The van der Waals surface area contributed by atoms with Gasteiger partial charge in [0.2, 0.25) is 0 Å². The number of benzene rings is 2. The molecule has 0 bridgehead atoms. The summed E-state index contributed by atoms with van der Waals surface area (Å²) in [7, 11) is 0. The van der Waals surface area contributed by atoms with Gasteiger partial charge in [-0.2, -0.15) is 0 Å². The summed E-state index contributed by atoms with van der Waals surface area (Å²) in [6.45, 7) is 4.04. The monoisotopic (exact) mass is 362 g/mol. The number of hydrogen-bond donors (Lipinski definition) is 2. The number of fused-ring (bicyclic) bond motifs is 1. The van der Waals surface area contributed by atoms with E-state index in [1.165, 1.54) is 0 Å². The Labute approximate surface area is 155 Å². The highest BCUT2D eigenvalue weighted by molar-refractivity contribution is 5.88. The number of nitrogens with zero attached hydrogens (tertiary/aromatic N) is 2. The number of urea groups is 1. The number of nitrogens with one attached hydrogen (secondary N) is 2. The maximum atomic E-state index is 12.2. The zero-order valence-electron chi connectivity index (χ0n) is 14.9. The molecule has 0 atom stereocenters. The molecule has 0 unspecified atom stereocenters. The number of carbonyl (C=O) groups excluding carboxylic acids is 1. The van der Waals surface area contributed by atoms with Crippen LogP contribution in [-0.2, 0) is 6.54 Å². The molecule has 0 aliphatic heterocycles. The van der Waals surface area contributed by atoms with Crippen molar-refractivity contribution in [1.82, 2.24) is 15.5 Å². The molecule has 0 spiro atoms. The summed E-state index contributed by atoms with van der Waals surface area (Å²) in [4.78, 5) is 12.2. The van der Waals surface area contributed by atoms with Crippen LogP contribution in [0.1, 0.15) is 17.1 Å². The van der Waals surface area contributed by atoms with Crippen LogP contribution in [0.2, 0.25) is 0 Å². The maximum Gasteiger partial charge on any atom is 0.324 e. The molecule has 4 rings (SSSR count). The zero-order chi connectivity index (χ0) is 18.8. The van der Waals surface area contributed by atoms with E-state index in [1.54, 1.807) is 0 Å². The smallest absolute Gasteiger partial charge is 0.324 e. The molecule has 4 aromatic rings. The topological polar surface area (TPSA) is 93.2 Å². The molecule has 2 aromatic carbocycles. The molecule has 2 heterocycles. The highest BCUT2D eigenvalue weighted by Crippen LogP contribution is 2.26. The van der Waals surface area contributed by atoms with Crippen molar-refractivity contribution in [3.63, 3.8) is 0 Å². The number of amides is 2. The molecule has 0 aliphatic rings. The highest BCUT2D eigenvalue weighted by atomic mass is 16.4. The molecular weight excluding hydrogens is 344 g/mol. The predicted molar refractivity (Wildman–Crippen MR) is 101 cm³/mol. The Morgan fingerprint density at radius 1 is 1.04 bits per heavy atom. The van der Waals surface area contributed by atoms with E-state index < -0.39 is 6.03 Å². The molecule has 0 fully saturated rings. The lowest BCUT2D eigenvalue weighted by Crippen LogP contribution is -2.28. The normalized spacial score (nSPS) is 10.9. The molecule has 27 heavy (non-hydrogen) atoms. The highest BCUT2D eigenvalue weighted by Gasteiger charge is 2.16. The lowest BCUT2D eigenvalue weighted by atomic mass is 10.0. The van der Waals surface area contributed by atoms with Crippen LogP contribution >= 0.6 is 0 Å². The number of aromatic nitrogens is 2. The van der Waals surface area contributed by atoms with Gasteiger partial charge < -0.3 is 14.2 Å². The van der Waals surface area contributed by atoms with E-state index in [2.05, 4.69) is 20.8 Å². The van der Waals surface area contributed by atoms with E-state index in [-0.39, 0.29) is 6.01 Å². The summed E-state index contributed by atoms with van der Waals surface area (Å²) in [6.07, 6.45) is 0. The standard InChI is InChI=1S/C20H18N4O3/c1-12-10-17(13(2)26-12)18-23-24-20(27-18)22-19(25)21-11-15-8-5-7-14-6-3-4-9-16(14)15/h3-10H,11H2,1-2H3,(H2,21,22,24,25). The molecule has 0 radical (unpaired) electrons. The first-order valence-corrected chi connectivity index (χ1v) is 8.52. The number of furan rings is 1. The Morgan fingerprint density at radius 3 is 2.67 bits per heavy atom. The van der Waals surface area contributed by atoms with Crippen molar-refractivity contribution in [2.75, 3.05) is 5.32 Å². The third-order valence-corrected chi connectivity index (χ3v) is 4.24. The number of rotatable bonds is 4. The molecule has 0 saturated carbocycles. The number of hydrogen-bond acceptors (Lipinski definition) is 5. The third-order valence-electron chi connectivity index (χ3n) is 4.24. The van der Waals surface area contributed by atoms with Gasteiger partial charge in [0.15, 0.2) is 0 Å². The second kappa shape index (κ2) is 6.95. The van der Waals surface area contributed by atoms with Crippen molar-refractivity contribution in [1.29, 1.82) is 0 Å². The first kappa shape index (κ1) is 16.8. The average Bonchev–Trinajstić information content (AvgIpc) is 3.25. The zero-order valence-corrected chi connectivity index (χ0v) is 14.9. The molecule has 7 nitrogen and oxygen atoms in total. The van der Waals surface area contributed by atoms with Crippen molar-refractivity contribution in [2.45, 2.75) is 20.4 Å². The third kappa shape index (κ3) is 3.52. The number of carbonyl (C=O) groups is 1. The van der Waals surface area contributed by atoms with Crippen LogP contribution < -0.4 is 10.6 Å². The Balaban J connectivity index is 1.42. The van der Waals surface area contributed by atoms with Crippen molar-refractivity contribution in [3.05, 3.63) is 65.6 Å². The Hall–Kier alpha value is -3.61. The maximum absolute atomic E-state index is 12.2. The number of anilines is 1. The molecule has 2 N–H and O–H groups in total. The summed E-state index contributed by atoms with van der Waals surface area (Å²) >= 11 is 0. The fraction of sp³-hybridized carbons (Fsp3) is 0.150. The minimum Gasteiger partial charge on any atom is -0.466 e. The van der Waals surface area contributed by atoms with E-state index in [4.69, 9.17) is 8.83 Å². The van der Waals surface area contributed by atoms with Gasteiger partial charge in [0.1, 0.15) is 11.5 Å². The molecule has 7 heteroatoms. The van der Waals surface area contributed by atoms with Gasteiger partial charge in [-0.3, -0.25) is 5.32 Å². The summed E-state index contributed by atoms with van der Waals surface area (Å²) < 4.78 is 11.0. The number of aryl methyl sites for hydroxylation is 2. The van der Waals surface area contributed by atoms with Gasteiger partial charge in [0, 0.05) is 6.54 Å². The van der Waals surface area contributed by atoms with Gasteiger partial charge in [-0.25, -0.2) is 4.79 Å². The van der Waals surface area contributed by atoms with Gasteiger partial charge in [-0.15, -0.1) is 5.10 Å². The molecular formula is C20H18N4O3. The molecule has 2 aromatic heterocycles. The first-order chi connectivity index (χ1) is 13.1. The molecule has 136 valence electrons. The van der Waals surface area contributed by atoms with Gasteiger partial charge in [-0.1, -0.05) is 47.6 Å². The Kier molecular flexibility index (Phi) is 4.33. The largest absolute Gasteiger partial charge is 0.466 e. The Bertz CT molecular complexity index is 1110. The summed E-state index contributed by atoms with van der Waals surface area (Å²) in [6, 6.07) is 15.5. The van der Waals surface area contributed by atoms with Crippen LogP contribution in [0.3, 0.4) is 0 Å². The van der Waals surface area contributed by atoms with Crippen molar-refractivity contribution in [2.24, 2.45) is 0 Å². The first-order valence-electron chi connectivity index (χ1n) is 8.52. The van der Waals surface area contributed by atoms with Crippen molar-refractivity contribution in [3.8, 4) is 11.5 Å². The van der Waals surface area contributed by atoms with Crippen molar-refractivity contribution >= 4 is 22.8 Å². The van der Waals surface area contributed by atoms with Gasteiger partial charge in [-0.05, 0) is 36.2 Å². The second-order valence-corrected chi connectivity index (χ2v) is 6.19. The minimum absolute atomic E-state index is 0.0265. The Morgan fingerprint density at radius 2 is 1.85 bits per heavy atom. The van der Waals surface area contributed by atoms with Crippen molar-refractivity contribution < 1.29 is 13.6 Å². The summed E-state index contributed by atoms with van der Waals surface area (Å²) in [5.74, 6) is 1.74. The van der Waals surface area contributed by atoms with Gasteiger partial charge in [0.25, 0.3) is 5.89 Å². The summed E-state index contributed by atoms with van der Waals surface area (Å²) in [5, 5.41) is 15.4. The van der Waals surface area contributed by atoms with Gasteiger partial charge >= 0.3 is 12.0 Å². The molecule has 0 saturated heterocycles. The lowest BCUT2D eigenvalue weighted by molar-refractivity contribution is 0.251. The van der Waals surface area contributed by atoms with Crippen LogP contribution in [0.25, 0.3) is 22.2 Å². The van der Waals surface area contributed by atoms with Crippen LogP contribution in [0.4, 0.5) is 10.8 Å². The van der Waals surface area contributed by atoms with Crippen LogP contribution in [0, 0.1) is 13.8 Å². The molecule has 2 amide bonds. The molecule has 0 aliphatic carbocycles. The van der Waals surface area contributed by atoms with E-state index >= 15 is 0 Å². The predicted octanol–water partition coefficient (Wildman–Crippen LogP) is 4.42. The fourth-order valence-electron chi connectivity index (χ4n) is 2.99. The van der Waals surface area contributed by atoms with Crippen LogP contribution in [0.15, 0.2) is 57.4 Å².